The molecule has 5 heteroatoms. The maximum absolute atomic E-state index is 12.2. The van der Waals surface area contributed by atoms with Crippen LogP contribution in [0.5, 0.6) is 0 Å². The molecule has 1 aliphatic rings. The van der Waals surface area contributed by atoms with Crippen molar-refractivity contribution < 1.29 is 14.4 Å². The molecule has 1 aliphatic heterocycles. The molecule has 0 N–H and O–H groups in total. The highest BCUT2D eigenvalue weighted by atomic mass is 32.2. The van der Waals surface area contributed by atoms with Crippen molar-refractivity contribution in [3.05, 3.63) is 29.8 Å². The number of ketones is 1. The van der Waals surface area contributed by atoms with E-state index in [9.17, 15) is 14.4 Å². The molecule has 1 aromatic carbocycles. The van der Waals surface area contributed by atoms with Crippen LogP contribution in [-0.4, -0.2) is 35.3 Å². The van der Waals surface area contributed by atoms with Gasteiger partial charge in [0.1, 0.15) is 0 Å². The summed E-state index contributed by atoms with van der Waals surface area (Å²) in [6, 6.07) is 7.19. The predicted molar refractivity (Wildman–Crippen MR) is 82.3 cm³/mol. The summed E-state index contributed by atoms with van der Waals surface area (Å²) >= 11 is 1.60. The Morgan fingerprint density at radius 2 is 1.67 bits per heavy atom. The molecule has 0 saturated carbocycles. The molecule has 0 aliphatic carbocycles. The van der Waals surface area contributed by atoms with Gasteiger partial charge in [0.15, 0.2) is 5.78 Å². The lowest BCUT2D eigenvalue weighted by atomic mass is 9.81. The molecular weight excluding hydrogens is 286 g/mol. The van der Waals surface area contributed by atoms with Crippen molar-refractivity contribution in [2.75, 3.05) is 12.8 Å². The average Bonchev–Trinajstić information content (AvgIpc) is 2.41. The minimum absolute atomic E-state index is 0.160. The smallest absolute Gasteiger partial charge is 0.230 e. The van der Waals surface area contributed by atoms with Gasteiger partial charge in [0.25, 0.3) is 0 Å². The van der Waals surface area contributed by atoms with E-state index in [0.717, 1.165) is 9.80 Å². The molecule has 0 unspecified atom stereocenters. The van der Waals surface area contributed by atoms with Gasteiger partial charge in [0, 0.05) is 23.3 Å². The van der Waals surface area contributed by atoms with Gasteiger partial charge in [0.05, 0.1) is 6.54 Å². The van der Waals surface area contributed by atoms with E-state index in [-0.39, 0.29) is 29.6 Å². The minimum Gasteiger partial charge on any atom is -0.292 e. The molecule has 21 heavy (non-hydrogen) atoms. The van der Waals surface area contributed by atoms with Crippen molar-refractivity contribution >= 4 is 29.4 Å². The highest BCUT2D eigenvalue weighted by Gasteiger charge is 2.38. The van der Waals surface area contributed by atoms with Crippen LogP contribution in [0.3, 0.4) is 0 Å². The van der Waals surface area contributed by atoms with Crippen LogP contribution in [0.15, 0.2) is 29.2 Å². The van der Waals surface area contributed by atoms with E-state index >= 15 is 0 Å². The lowest BCUT2D eigenvalue weighted by molar-refractivity contribution is -0.151. The Bertz CT molecular complexity index is 558. The quantitative estimate of drug-likeness (QED) is 0.487. The lowest BCUT2D eigenvalue weighted by Crippen LogP contribution is -2.48. The van der Waals surface area contributed by atoms with Crippen molar-refractivity contribution in [1.29, 1.82) is 0 Å². The number of carbonyl (C=O) groups is 3. The monoisotopic (exact) mass is 305 g/mol. The van der Waals surface area contributed by atoms with E-state index in [4.69, 9.17) is 0 Å². The van der Waals surface area contributed by atoms with Crippen molar-refractivity contribution in [3.63, 3.8) is 0 Å². The topological polar surface area (TPSA) is 54.5 Å². The van der Waals surface area contributed by atoms with Crippen LogP contribution in [0.25, 0.3) is 0 Å². The van der Waals surface area contributed by atoms with Crippen molar-refractivity contribution in [3.8, 4) is 0 Å². The molecule has 1 aromatic rings. The van der Waals surface area contributed by atoms with Gasteiger partial charge in [-0.1, -0.05) is 26.0 Å². The van der Waals surface area contributed by atoms with Crippen LogP contribution in [0.1, 0.15) is 37.0 Å². The number of imide groups is 1. The number of rotatable bonds is 4. The van der Waals surface area contributed by atoms with Gasteiger partial charge >= 0.3 is 0 Å². The Morgan fingerprint density at radius 1 is 1.14 bits per heavy atom. The largest absolute Gasteiger partial charge is 0.292 e. The SMILES string of the molecule is CSc1ccc(C(=O)CN2C(=O)CC(C)(C)CC2=O)cc1. The van der Waals surface area contributed by atoms with Crippen LogP contribution in [0.2, 0.25) is 0 Å². The summed E-state index contributed by atoms with van der Waals surface area (Å²) in [5.41, 5.74) is 0.214. The molecule has 0 atom stereocenters. The van der Waals surface area contributed by atoms with Crippen molar-refractivity contribution in [1.82, 2.24) is 4.90 Å². The van der Waals surface area contributed by atoms with Crippen molar-refractivity contribution in [2.24, 2.45) is 5.41 Å². The van der Waals surface area contributed by atoms with Crippen LogP contribution in [0.4, 0.5) is 0 Å². The molecule has 0 radical (unpaired) electrons. The molecular formula is C16H19NO3S. The van der Waals surface area contributed by atoms with E-state index in [0.29, 0.717) is 18.4 Å². The minimum atomic E-state index is -0.312. The fourth-order valence-electron chi connectivity index (χ4n) is 2.40. The second-order valence-corrected chi connectivity index (χ2v) is 6.92. The number of hydrogen-bond donors (Lipinski definition) is 0. The molecule has 2 rings (SSSR count). The van der Waals surface area contributed by atoms with Crippen LogP contribution < -0.4 is 0 Å². The number of piperidine rings is 1. The molecule has 1 heterocycles. The first-order valence-corrected chi connectivity index (χ1v) is 8.05. The molecule has 0 bridgehead atoms. The number of Topliss-reactive ketones (excluding diaryl/α,β-unsaturated/α-hetero) is 1. The standard InChI is InChI=1S/C16H19NO3S/c1-16(2)8-14(19)17(15(20)9-16)10-13(18)11-4-6-12(21-3)7-5-11/h4-7H,8-10H2,1-3H3. The second kappa shape index (κ2) is 6.02. The molecule has 1 fully saturated rings. The molecule has 0 spiro atoms. The third kappa shape index (κ3) is 3.73. The number of hydrogen-bond acceptors (Lipinski definition) is 4. The number of benzene rings is 1. The van der Waals surface area contributed by atoms with Gasteiger partial charge in [-0.25, -0.2) is 0 Å². The van der Waals surface area contributed by atoms with Gasteiger partial charge in [-0.3, -0.25) is 19.3 Å². The first-order chi connectivity index (χ1) is 9.82. The van der Waals surface area contributed by atoms with Gasteiger partial charge in [-0.2, -0.15) is 0 Å². The summed E-state index contributed by atoms with van der Waals surface area (Å²) in [5, 5.41) is 0. The third-order valence-corrected chi connectivity index (χ3v) is 4.32. The summed E-state index contributed by atoms with van der Waals surface area (Å²) in [4.78, 5) is 38.4. The van der Waals surface area contributed by atoms with Crippen LogP contribution >= 0.6 is 11.8 Å². The lowest BCUT2D eigenvalue weighted by Gasteiger charge is -2.34. The number of nitrogens with zero attached hydrogens (tertiary/aromatic N) is 1. The van der Waals surface area contributed by atoms with Gasteiger partial charge in [0.2, 0.25) is 11.8 Å². The molecule has 0 aromatic heterocycles. The Balaban J connectivity index is 2.08. The van der Waals surface area contributed by atoms with Crippen LogP contribution in [-0.2, 0) is 9.59 Å². The van der Waals surface area contributed by atoms with Gasteiger partial charge in [-0.05, 0) is 23.8 Å². The Kier molecular flexibility index (Phi) is 4.52. The normalized spacial score (nSPS) is 18.0. The van der Waals surface area contributed by atoms with Gasteiger partial charge < -0.3 is 0 Å². The van der Waals surface area contributed by atoms with E-state index < -0.39 is 0 Å². The number of thioether (sulfide) groups is 1. The molecule has 1 saturated heterocycles. The fraction of sp³-hybridized carbons (Fsp3) is 0.438. The van der Waals surface area contributed by atoms with Crippen LogP contribution in [0, 0.1) is 5.41 Å². The fourth-order valence-corrected chi connectivity index (χ4v) is 2.81. The molecule has 4 nitrogen and oxygen atoms in total. The van der Waals surface area contributed by atoms with Crippen molar-refractivity contribution in [2.45, 2.75) is 31.6 Å². The van der Waals surface area contributed by atoms with E-state index in [1.165, 1.54) is 0 Å². The first kappa shape index (κ1) is 15.8. The average molecular weight is 305 g/mol. The maximum Gasteiger partial charge on any atom is 0.230 e. The zero-order valence-corrected chi connectivity index (χ0v) is 13.3. The summed E-state index contributed by atoms with van der Waals surface area (Å²) in [7, 11) is 0. The second-order valence-electron chi connectivity index (χ2n) is 6.04. The highest BCUT2D eigenvalue weighted by molar-refractivity contribution is 7.98. The summed E-state index contributed by atoms with van der Waals surface area (Å²) in [6.45, 7) is 3.62. The Morgan fingerprint density at radius 3 is 2.14 bits per heavy atom. The van der Waals surface area contributed by atoms with E-state index in [2.05, 4.69) is 0 Å². The number of amides is 2. The summed E-state index contributed by atoms with van der Waals surface area (Å²) in [6.07, 6.45) is 2.57. The number of carbonyl (C=O) groups excluding carboxylic acids is 3. The number of likely N-dealkylation sites (tertiary alicyclic amines) is 1. The maximum atomic E-state index is 12.2. The Labute approximate surface area is 128 Å². The Hall–Kier alpha value is -1.62. The third-order valence-electron chi connectivity index (χ3n) is 3.58. The van der Waals surface area contributed by atoms with E-state index in [1.54, 1.807) is 23.9 Å². The highest BCUT2D eigenvalue weighted by Crippen LogP contribution is 2.31. The zero-order valence-electron chi connectivity index (χ0n) is 12.5. The first-order valence-electron chi connectivity index (χ1n) is 6.83. The molecule has 112 valence electrons. The van der Waals surface area contributed by atoms with E-state index in [1.807, 2.05) is 32.2 Å². The summed E-state index contributed by atoms with van der Waals surface area (Å²) < 4.78 is 0. The predicted octanol–water partition coefficient (Wildman–Crippen LogP) is 2.77. The molecule has 2 amide bonds. The van der Waals surface area contributed by atoms with Gasteiger partial charge in [-0.15, -0.1) is 11.8 Å². The zero-order chi connectivity index (χ0) is 15.6. The summed E-state index contributed by atoms with van der Waals surface area (Å²) in [5.74, 6) is -0.722.